The van der Waals surface area contributed by atoms with Crippen LogP contribution in [0.15, 0.2) is 60.8 Å². The maximum absolute atomic E-state index is 12.8. The van der Waals surface area contributed by atoms with Crippen LogP contribution in [-0.2, 0) is 38.3 Å². The van der Waals surface area contributed by atoms with E-state index in [4.69, 9.17) is 23.5 Å². The average Bonchev–Trinajstić information content (AvgIpc) is 3.15. The van der Waals surface area contributed by atoms with Gasteiger partial charge < -0.3 is 34.3 Å². The van der Waals surface area contributed by atoms with Gasteiger partial charge in [0.15, 0.2) is 6.29 Å². The highest BCUT2D eigenvalue weighted by Gasteiger charge is 2.48. The van der Waals surface area contributed by atoms with Crippen LogP contribution in [0.1, 0.15) is 136 Å². The van der Waals surface area contributed by atoms with Crippen molar-refractivity contribution in [3.05, 3.63) is 60.8 Å². The Morgan fingerprint density at radius 1 is 0.709 bits per heavy atom. The Labute approximate surface area is 331 Å². The minimum Gasteiger partial charge on any atom is -0.457 e. The van der Waals surface area contributed by atoms with Gasteiger partial charge in [-0.25, -0.2) is 4.18 Å². The number of allylic oxidation sites excluding steroid dienone is 10. The number of unbranched alkanes of at least 4 members (excludes halogenated alkanes) is 11. The van der Waals surface area contributed by atoms with Gasteiger partial charge in [0.2, 0.25) is 0 Å². The molecule has 13 heteroatoms. The van der Waals surface area contributed by atoms with Gasteiger partial charge in [0, 0.05) is 13.0 Å². The molecule has 1 heterocycles. The number of esters is 1. The molecule has 0 bridgehead atoms. The Morgan fingerprint density at radius 2 is 1.25 bits per heavy atom. The summed E-state index contributed by atoms with van der Waals surface area (Å²) < 4.78 is 58.8. The fourth-order valence-electron chi connectivity index (χ4n) is 5.79. The van der Waals surface area contributed by atoms with Gasteiger partial charge in [-0.15, -0.1) is 0 Å². The second-order valence-electron chi connectivity index (χ2n) is 13.8. The summed E-state index contributed by atoms with van der Waals surface area (Å²) in [5, 5.41) is 30.6. The molecule has 318 valence electrons. The van der Waals surface area contributed by atoms with Crippen molar-refractivity contribution in [3.8, 4) is 0 Å². The molecule has 1 aliphatic rings. The van der Waals surface area contributed by atoms with E-state index in [2.05, 4.69) is 78.8 Å². The predicted molar refractivity (Wildman–Crippen MR) is 216 cm³/mol. The number of ether oxygens (including phenoxy) is 4. The van der Waals surface area contributed by atoms with E-state index in [-0.39, 0.29) is 19.6 Å². The summed E-state index contributed by atoms with van der Waals surface area (Å²) in [6.07, 6.45) is 31.3. The van der Waals surface area contributed by atoms with E-state index in [1.807, 2.05) is 0 Å². The van der Waals surface area contributed by atoms with Crippen LogP contribution >= 0.6 is 0 Å². The first kappa shape index (κ1) is 50.8. The molecule has 0 aromatic rings. The third-order valence-corrected chi connectivity index (χ3v) is 9.34. The maximum Gasteiger partial charge on any atom is 0.397 e. The summed E-state index contributed by atoms with van der Waals surface area (Å²) in [7, 11) is -5.07. The van der Waals surface area contributed by atoms with Gasteiger partial charge in [0.25, 0.3) is 0 Å². The number of aliphatic hydroxyl groups is 3. The van der Waals surface area contributed by atoms with Crippen molar-refractivity contribution in [2.75, 3.05) is 26.4 Å². The van der Waals surface area contributed by atoms with Crippen molar-refractivity contribution < 1.29 is 56.2 Å². The van der Waals surface area contributed by atoms with Gasteiger partial charge in [-0.2, -0.15) is 8.42 Å². The van der Waals surface area contributed by atoms with E-state index in [0.717, 1.165) is 77.0 Å². The fraction of sp³-hybridized carbons (Fsp3) is 0.738. The molecular formula is C42H72O12S. The molecule has 0 aliphatic carbocycles. The van der Waals surface area contributed by atoms with Crippen molar-refractivity contribution in [3.63, 3.8) is 0 Å². The summed E-state index contributed by atoms with van der Waals surface area (Å²) in [5.41, 5.74) is 0. The Kier molecular flexibility index (Phi) is 31.3. The summed E-state index contributed by atoms with van der Waals surface area (Å²) in [6, 6.07) is 0. The molecule has 0 amide bonds. The largest absolute Gasteiger partial charge is 0.457 e. The number of rotatable bonds is 34. The van der Waals surface area contributed by atoms with E-state index in [1.54, 1.807) is 0 Å². The topological polar surface area (TPSA) is 178 Å². The van der Waals surface area contributed by atoms with Gasteiger partial charge in [-0.05, 0) is 70.6 Å². The highest BCUT2D eigenvalue weighted by atomic mass is 32.3. The number of carbonyl (C=O) groups is 1. The van der Waals surface area contributed by atoms with Crippen LogP contribution in [0, 0.1) is 0 Å². The Bertz CT molecular complexity index is 1200. The van der Waals surface area contributed by atoms with Crippen LogP contribution in [-0.4, -0.2) is 97.5 Å². The minimum absolute atomic E-state index is 0.00792. The van der Waals surface area contributed by atoms with Crippen LogP contribution in [0.2, 0.25) is 0 Å². The molecule has 1 aliphatic heterocycles. The number of carbonyl (C=O) groups excluding carboxylic acids is 1. The third-order valence-electron chi connectivity index (χ3n) is 8.87. The van der Waals surface area contributed by atoms with Crippen LogP contribution in [0.5, 0.6) is 0 Å². The van der Waals surface area contributed by atoms with Gasteiger partial charge in [-0.1, -0.05) is 120 Å². The second-order valence-corrected chi connectivity index (χ2v) is 14.9. The summed E-state index contributed by atoms with van der Waals surface area (Å²) in [4.78, 5) is 12.8. The number of hydrogen-bond acceptors (Lipinski definition) is 11. The molecule has 1 saturated heterocycles. The number of hydrogen-bond donors (Lipinski definition) is 4. The smallest absolute Gasteiger partial charge is 0.397 e. The van der Waals surface area contributed by atoms with E-state index in [0.29, 0.717) is 13.0 Å². The first-order chi connectivity index (χ1) is 26.6. The zero-order chi connectivity index (χ0) is 40.4. The average molecular weight is 801 g/mol. The molecule has 0 saturated carbocycles. The zero-order valence-electron chi connectivity index (χ0n) is 33.5. The van der Waals surface area contributed by atoms with E-state index >= 15 is 0 Å². The molecule has 55 heavy (non-hydrogen) atoms. The lowest BCUT2D eigenvalue weighted by atomic mass is 9.99. The predicted octanol–water partition coefficient (Wildman–Crippen LogP) is 7.79. The van der Waals surface area contributed by atoms with Crippen molar-refractivity contribution in [2.24, 2.45) is 0 Å². The molecule has 6 unspecified atom stereocenters. The molecule has 0 aromatic carbocycles. The SMILES string of the molecule is CC/C=C\C/C=C\C/C=C\C/C=C\CCCOCC(COC1OC(CO)C(O)C(OS(=O)(=O)O)C1O)OC(=O)CCCCCCC/C=C\CCCCCCC. The van der Waals surface area contributed by atoms with Gasteiger partial charge in [0.05, 0.1) is 19.8 Å². The van der Waals surface area contributed by atoms with E-state index < -0.39 is 59.8 Å². The number of aliphatic hydroxyl groups excluding tert-OH is 3. The van der Waals surface area contributed by atoms with Gasteiger partial charge in [0.1, 0.15) is 30.5 Å². The Hall–Kier alpha value is -2.20. The van der Waals surface area contributed by atoms with E-state index in [1.165, 1.54) is 32.1 Å². The molecular weight excluding hydrogens is 729 g/mol. The first-order valence-corrected chi connectivity index (χ1v) is 21.9. The molecule has 1 fully saturated rings. The summed E-state index contributed by atoms with van der Waals surface area (Å²) in [5.74, 6) is -0.430. The zero-order valence-corrected chi connectivity index (χ0v) is 34.3. The molecule has 6 atom stereocenters. The van der Waals surface area contributed by atoms with E-state index in [9.17, 15) is 28.5 Å². The highest BCUT2D eigenvalue weighted by Crippen LogP contribution is 2.26. The van der Waals surface area contributed by atoms with Gasteiger partial charge in [-0.3, -0.25) is 9.35 Å². The lowest BCUT2D eigenvalue weighted by Gasteiger charge is -2.41. The summed E-state index contributed by atoms with van der Waals surface area (Å²) >= 11 is 0. The Balaban J connectivity index is 2.54. The highest BCUT2D eigenvalue weighted by molar-refractivity contribution is 7.80. The monoisotopic (exact) mass is 800 g/mol. The Morgan fingerprint density at radius 3 is 1.85 bits per heavy atom. The third kappa shape index (κ3) is 27.9. The second kappa shape index (κ2) is 33.9. The first-order valence-electron chi connectivity index (χ1n) is 20.5. The van der Waals surface area contributed by atoms with Crippen molar-refractivity contribution in [2.45, 2.75) is 173 Å². The van der Waals surface area contributed by atoms with Crippen LogP contribution in [0.25, 0.3) is 0 Å². The quantitative estimate of drug-likeness (QED) is 0.0215. The van der Waals surface area contributed by atoms with Crippen molar-refractivity contribution in [1.82, 2.24) is 0 Å². The van der Waals surface area contributed by atoms with Gasteiger partial charge >= 0.3 is 16.4 Å². The summed E-state index contributed by atoms with van der Waals surface area (Å²) in [6.45, 7) is 3.68. The standard InChI is InChI=1S/C42H72O12S/c1-3-5-7-9-11-13-15-17-19-21-23-25-27-29-31-38(44)52-36(34-50-32-30-28-26-24-22-20-18-16-14-12-10-8-6-4-2)35-51-42-40(46)41(54-55(47,48)49)39(45)37(33-43)53-42/h6,8,12,14-15,17-18,20,24,26,36-37,39-43,45-46H,3-5,7,9-11,13,16,19,21-23,25,27-35H2,1-2H3,(H,47,48,49)/b8-6-,14-12-,17-15-,20-18-,26-24-. The lowest BCUT2D eigenvalue weighted by Crippen LogP contribution is -2.60. The molecule has 0 aromatic heterocycles. The molecule has 0 spiro atoms. The maximum atomic E-state index is 12.8. The molecule has 0 radical (unpaired) electrons. The molecule has 1 rings (SSSR count). The van der Waals surface area contributed by atoms with Crippen molar-refractivity contribution in [1.29, 1.82) is 0 Å². The lowest BCUT2D eigenvalue weighted by molar-refractivity contribution is -0.301. The van der Waals surface area contributed by atoms with Crippen LogP contribution < -0.4 is 0 Å². The van der Waals surface area contributed by atoms with Crippen molar-refractivity contribution >= 4 is 16.4 Å². The van der Waals surface area contributed by atoms with Crippen LogP contribution in [0.3, 0.4) is 0 Å². The minimum atomic E-state index is -5.07. The van der Waals surface area contributed by atoms with Crippen LogP contribution in [0.4, 0.5) is 0 Å². The fourth-order valence-corrected chi connectivity index (χ4v) is 6.30. The normalized spacial score (nSPS) is 21.6. The molecule has 12 nitrogen and oxygen atoms in total. The molecule has 4 N–H and O–H groups in total.